The van der Waals surface area contributed by atoms with Crippen LogP contribution in [0.25, 0.3) is 0 Å². The molecule has 14 nitrogen and oxygen atoms in total. The van der Waals surface area contributed by atoms with Crippen LogP contribution in [-0.4, -0.2) is 67.7 Å². The van der Waals surface area contributed by atoms with Crippen LogP contribution in [0.2, 0.25) is 0 Å². The Bertz CT molecular complexity index is 1570. The van der Waals surface area contributed by atoms with Crippen molar-refractivity contribution in [2.24, 2.45) is 0 Å². The van der Waals surface area contributed by atoms with E-state index in [1.54, 1.807) is 26.2 Å². The van der Waals surface area contributed by atoms with Crippen LogP contribution in [0.5, 0.6) is 0 Å². The Morgan fingerprint density at radius 2 is 0.950 bits per heavy atom. The van der Waals surface area contributed by atoms with Crippen molar-refractivity contribution in [3.63, 3.8) is 0 Å². The normalized spacial score (nSPS) is 12.0. The number of amides is 2. The molecule has 0 aliphatic carbocycles. The predicted octanol–water partition coefficient (Wildman–Crippen LogP) is 9.66. The van der Waals surface area contributed by atoms with Gasteiger partial charge in [0, 0.05) is 70.4 Å². The number of unbranched alkanes of at least 4 members (excludes halogenated alkanes) is 12. The molecule has 2 amide bonds. The summed E-state index contributed by atoms with van der Waals surface area (Å²) >= 11 is 0. The van der Waals surface area contributed by atoms with E-state index in [1.165, 1.54) is 82.8 Å². The summed E-state index contributed by atoms with van der Waals surface area (Å²) < 4.78 is 11.4. The van der Waals surface area contributed by atoms with Crippen molar-refractivity contribution in [3.8, 4) is 0 Å². The number of ether oxygens (including phenoxy) is 2. The fourth-order valence-corrected chi connectivity index (χ4v) is 9.04. The lowest BCUT2D eigenvalue weighted by Crippen LogP contribution is -2.22. The third kappa shape index (κ3) is 20.9. The summed E-state index contributed by atoms with van der Waals surface area (Å²) in [5.41, 5.74) is 14.8. The Kier molecular flexibility index (Phi) is 26.7. The van der Waals surface area contributed by atoms with E-state index in [-0.39, 0.29) is 49.9 Å². The molecule has 16 heteroatoms. The molecule has 2 aromatic rings. The van der Waals surface area contributed by atoms with Gasteiger partial charge in [0.25, 0.3) is 0 Å². The van der Waals surface area contributed by atoms with E-state index < -0.39 is 0 Å². The van der Waals surface area contributed by atoms with Crippen LogP contribution in [0.1, 0.15) is 166 Å². The summed E-state index contributed by atoms with van der Waals surface area (Å²) in [4.78, 5) is 72.2. The number of carbonyl (C=O) groups excluding carboxylic acids is 4. The number of hydrogen-bond acceptors (Lipinski definition) is 14. The van der Waals surface area contributed by atoms with E-state index in [0.717, 1.165) is 61.2 Å². The fraction of sp³-hybridized carbons (Fsp3) is 0.636. The van der Waals surface area contributed by atoms with Gasteiger partial charge in [-0.05, 0) is 40.5 Å². The van der Waals surface area contributed by atoms with Gasteiger partial charge in [-0.1, -0.05) is 112 Å². The Labute approximate surface area is 366 Å². The second kappa shape index (κ2) is 30.8. The van der Waals surface area contributed by atoms with Gasteiger partial charge in [0.1, 0.15) is 23.3 Å². The van der Waals surface area contributed by atoms with Crippen LogP contribution in [0.3, 0.4) is 0 Å². The molecule has 0 bridgehead atoms. The van der Waals surface area contributed by atoms with E-state index >= 15 is 0 Å². The standard InChI is InChI=1S/C44H70N8O6S2/c1-7-9-11-13-15-17-19-21-41(55)57-25-23-39(33(3)51(31-53)29-37-27-47-35(5)49-43(37)45)59-60-40(24-26-58-42(56)22-20-18-16-14-12-10-8-2)34(4)52(32-54)30-38-28-48-36(6)50-44(38)46/h27-28,31-32H,7-26,29-30H2,1-6H3,(H2,45,47,49)(H2,46,48,50)/b39-33-,40-34-. The van der Waals surface area contributed by atoms with Crippen LogP contribution in [-0.2, 0) is 41.7 Å². The summed E-state index contributed by atoms with van der Waals surface area (Å²) in [6, 6.07) is 0. The lowest BCUT2D eigenvalue weighted by atomic mass is 10.1. The molecular weight excluding hydrogens is 801 g/mol. The average molecular weight is 871 g/mol. The number of nitrogen functional groups attached to an aromatic ring is 2. The molecule has 0 radical (unpaired) electrons. The summed E-state index contributed by atoms with van der Waals surface area (Å²) in [5.74, 6) is 1.08. The van der Waals surface area contributed by atoms with Gasteiger partial charge in [0.15, 0.2) is 0 Å². The van der Waals surface area contributed by atoms with Crippen molar-refractivity contribution in [2.45, 2.75) is 170 Å². The Hall–Kier alpha value is -4.18. The van der Waals surface area contributed by atoms with Gasteiger partial charge < -0.3 is 30.7 Å². The maximum atomic E-state index is 12.7. The van der Waals surface area contributed by atoms with Crippen LogP contribution in [0.15, 0.2) is 33.6 Å². The predicted molar refractivity (Wildman–Crippen MR) is 243 cm³/mol. The van der Waals surface area contributed by atoms with Gasteiger partial charge in [-0.15, -0.1) is 0 Å². The highest BCUT2D eigenvalue weighted by Crippen LogP contribution is 2.43. The first-order valence-corrected chi connectivity index (χ1v) is 23.7. The molecule has 2 rings (SSSR count). The summed E-state index contributed by atoms with van der Waals surface area (Å²) in [6.45, 7) is 12.0. The number of rotatable bonds is 33. The number of nitrogens with zero attached hydrogens (tertiary/aromatic N) is 6. The largest absolute Gasteiger partial charge is 0.465 e. The highest BCUT2D eigenvalue weighted by molar-refractivity contribution is 8.79. The number of hydrogen-bond donors (Lipinski definition) is 2. The zero-order chi connectivity index (χ0) is 44.1. The highest BCUT2D eigenvalue weighted by Gasteiger charge is 2.20. The zero-order valence-corrected chi connectivity index (χ0v) is 38.6. The molecule has 2 heterocycles. The maximum Gasteiger partial charge on any atom is 0.305 e. The molecule has 0 saturated heterocycles. The van der Waals surface area contributed by atoms with Crippen molar-refractivity contribution in [2.75, 3.05) is 24.7 Å². The van der Waals surface area contributed by atoms with Gasteiger partial charge >= 0.3 is 11.9 Å². The molecular formula is C44H70N8O6S2. The van der Waals surface area contributed by atoms with Crippen molar-refractivity contribution in [1.29, 1.82) is 0 Å². The molecule has 0 aliphatic rings. The smallest absolute Gasteiger partial charge is 0.305 e. The first-order valence-electron chi connectivity index (χ1n) is 21.6. The quantitative estimate of drug-likeness (QED) is 0.0298. The van der Waals surface area contributed by atoms with Crippen LogP contribution < -0.4 is 11.5 Å². The first-order chi connectivity index (χ1) is 28.9. The number of nitrogens with two attached hydrogens (primary N) is 2. The molecule has 0 fully saturated rings. The minimum Gasteiger partial charge on any atom is -0.465 e. The fourth-order valence-electron chi connectivity index (χ4n) is 6.20. The molecule has 0 spiro atoms. The molecule has 334 valence electrons. The Morgan fingerprint density at radius 3 is 1.28 bits per heavy atom. The maximum absolute atomic E-state index is 12.7. The molecule has 0 saturated carbocycles. The van der Waals surface area contributed by atoms with Gasteiger partial charge in [0.05, 0.1) is 26.3 Å². The molecule has 0 aliphatic heterocycles. The van der Waals surface area contributed by atoms with E-state index in [9.17, 15) is 19.2 Å². The van der Waals surface area contributed by atoms with Gasteiger partial charge in [-0.2, -0.15) is 0 Å². The van der Waals surface area contributed by atoms with Crippen molar-refractivity contribution >= 4 is 58.0 Å². The van der Waals surface area contributed by atoms with Crippen LogP contribution in [0.4, 0.5) is 11.6 Å². The van der Waals surface area contributed by atoms with Crippen molar-refractivity contribution in [1.82, 2.24) is 29.7 Å². The molecule has 60 heavy (non-hydrogen) atoms. The highest BCUT2D eigenvalue weighted by atomic mass is 33.1. The molecule has 0 unspecified atom stereocenters. The molecule has 0 aromatic carbocycles. The number of carbonyl (C=O) groups is 4. The number of aromatic nitrogens is 4. The molecule has 4 N–H and O–H groups in total. The monoisotopic (exact) mass is 870 g/mol. The Balaban J connectivity index is 2.32. The van der Waals surface area contributed by atoms with Crippen molar-refractivity contribution < 1.29 is 28.7 Å². The Morgan fingerprint density at radius 1 is 0.600 bits per heavy atom. The third-order valence-corrected chi connectivity index (χ3v) is 13.0. The second-order valence-corrected chi connectivity index (χ2v) is 17.3. The third-order valence-electron chi connectivity index (χ3n) is 10.0. The van der Waals surface area contributed by atoms with Gasteiger partial charge in [0.2, 0.25) is 12.8 Å². The molecule has 2 aromatic heterocycles. The van der Waals surface area contributed by atoms with E-state index in [4.69, 9.17) is 20.9 Å². The lowest BCUT2D eigenvalue weighted by molar-refractivity contribution is -0.144. The summed E-state index contributed by atoms with van der Waals surface area (Å²) in [7, 11) is 2.77. The summed E-state index contributed by atoms with van der Waals surface area (Å²) in [5, 5.41) is 0. The van der Waals surface area contributed by atoms with E-state index in [1.807, 2.05) is 13.8 Å². The van der Waals surface area contributed by atoms with E-state index in [0.29, 0.717) is 59.9 Å². The number of anilines is 2. The van der Waals surface area contributed by atoms with Crippen LogP contribution >= 0.6 is 21.6 Å². The second-order valence-electron chi connectivity index (χ2n) is 15.0. The SMILES string of the molecule is CCCCCCCCCC(=O)OCC/C(SS/C(CCOC(=O)CCCCCCCCC)=C(/C)N(C=O)Cc1cnc(C)nc1N)=C(\C)N(C=O)Cc1cnc(C)nc1N. The number of esters is 2. The number of aryl methyl sites for hydroxylation is 2. The number of allylic oxidation sites excluding steroid dienone is 2. The molecule has 0 atom stereocenters. The summed E-state index contributed by atoms with van der Waals surface area (Å²) in [6.07, 6.45) is 21.4. The van der Waals surface area contributed by atoms with Crippen molar-refractivity contribution in [3.05, 3.63) is 56.4 Å². The first kappa shape index (κ1) is 52.0. The zero-order valence-electron chi connectivity index (χ0n) is 37.0. The van der Waals surface area contributed by atoms with E-state index in [2.05, 4.69) is 33.8 Å². The topological polar surface area (TPSA) is 197 Å². The lowest BCUT2D eigenvalue weighted by Gasteiger charge is -2.24. The minimum absolute atomic E-state index is 0.111. The average Bonchev–Trinajstić information content (AvgIpc) is 3.22. The van der Waals surface area contributed by atoms with Crippen LogP contribution in [0, 0.1) is 13.8 Å². The minimum atomic E-state index is -0.259. The van der Waals surface area contributed by atoms with Gasteiger partial charge in [-0.25, -0.2) is 19.9 Å². The van der Waals surface area contributed by atoms with Gasteiger partial charge in [-0.3, -0.25) is 19.2 Å².